The highest BCUT2D eigenvalue weighted by molar-refractivity contribution is 7.91. The van der Waals surface area contributed by atoms with E-state index in [2.05, 4.69) is 9.97 Å². The zero-order valence-electron chi connectivity index (χ0n) is 9.58. The van der Waals surface area contributed by atoms with Gasteiger partial charge < -0.3 is 5.11 Å². The summed E-state index contributed by atoms with van der Waals surface area (Å²) in [6.45, 7) is 0. The molecule has 2 heterocycles. The number of hydrogen-bond donors (Lipinski definition) is 1. The largest absolute Gasteiger partial charge is 0.478 e. The molecule has 2 rings (SSSR count). The van der Waals surface area contributed by atoms with Crippen LogP contribution in [-0.4, -0.2) is 41.0 Å². The molecule has 1 aliphatic rings. The van der Waals surface area contributed by atoms with Gasteiger partial charge in [-0.25, -0.2) is 32.0 Å². The molecule has 1 atom stereocenters. The van der Waals surface area contributed by atoms with Gasteiger partial charge in [-0.3, -0.25) is 0 Å². The summed E-state index contributed by atoms with van der Waals surface area (Å²) < 4.78 is 48.1. The first-order valence-electron chi connectivity index (χ1n) is 5.39. The maximum atomic E-state index is 12.7. The number of hydrogen-bond acceptors (Lipinski definition) is 5. The Labute approximate surface area is 107 Å². The Kier molecular flexibility index (Phi) is 3.48. The molecule has 104 valence electrons. The lowest BCUT2D eigenvalue weighted by atomic mass is 10.1. The minimum absolute atomic E-state index is 0.0360. The van der Waals surface area contributed by atoms with Gasteiger partial charge in [0.2, 0.25) is 0 Å². The Morgan fingerprint density at radius 3 is 2.63 bits per heavy atom. The number of aromatic nitrogens is 2. The number of carboxylic acid groups (broad SMARTS) is 1. The maximum absolute atomic E-state index is 12.7. The number of aromatic carboxylic acids is 1. The minimum atomic E-state index is -3.19. The molecule has 0 amide bonds. The normalized spacial score (nSPS) is 21.7. The number of carbonyl (C=O) groups is 1. The topological polar surface area (TPSA) is 97.2 Å². The van der Waals surface area contributed by atoms with Gasteiger partial charge in [-0.1, -0.05) is 0 Å². The first-order chi connectivity index (χ1) is 8.80. The lowest BCUT2D eigenvalue weighted by Gasteiger charge is -2.09. The number of sulfone groups is 1. The Hall–Kier alpha value is -1.64. The molecule has 1 saturated heterocycles. The molecule has 0 bridgehead atoms. The van der Waals surface area contributed by atoms with Gasteiger partial charge in [-0.15, -0.1) is 0 Å². The molecule has 0 radical (unpaired) electrons. The summed E-state index contributed by atoms with van der Waals surface area (Å²) in [6.07, 6.45) is -1.99. The fourth-order valence-corrected chi connectivity index (χ4v) is 3.67. The first kappa shape index (κ1) is 13.8. The molecular formula is C10H10F2N2O4S. The van der Waals surface area contributed by atoms with E-state index in [0.717, 1.165) is 6.20 Å². The van der Waals surface area contributed by atoms with Gasteiger partial charge in [-0.05, 0) is 6.42 Å². The third kappa shape index (κ3) is 2.86. The summed E-state index contributed by atoms with van der Waals surface area (Å²) in [5.74, 6) is -2.36. The van der Waals surface area contributed by atoms with E-state index >= 15 is 0 Å². The monoisotopic (exact) mass is 292 g/mol. The van der Waals surface area contributed by atoms with Crippen molar-refractivity contribution in [2.75, 3.05) is 11.5 Å². The SMILES string of the molecule is O=C(O)c1cnc(C2CCS(=O)(=O)C2)nc1C(F)F. The molecule has 1 unspecified atom stereocenters. The van der Waals surface area contributed by atoms with Gasteiger partial charge >= 0.3 is 5.97 Å². The molecule has 1 aromatic heterocycles. The van der Waals surface area contributed by atoms with Crippen LogP contribution in [0, 0.1) is 0 Å². The highest BCUT2D eigenvalue weighted by atomic mass is 32.2. The van der Waals surface area contributed by atoms with Crippen molar-refractivity contribution in [1.29, 1.82) is 0 Å². The Morgan fingerprint density at radius 2 is 2.16 bits per heavy atom. The second-order valence-electron chi connectivity index (χ2n) is 4.23. The summed E-state index contributed by atoms with van der Waals surface area (Å²) in [4.78, 5) is 18.0. The van der Waals surface area contributed by atoms with E-state index in [4.69, 9.17) is 5.11 Å². The number of nitrogens with zero attached hydrogens (tertiary/aromatic N) is 2. The van der Waals surface area contributed by atoms with Crippen LogP contribution < -0.4 is 0 Å². The number of alkyl halides is 2. The van der Waals surface area contributed by atoms with Crippen molar-refractivity contribution >= 4 is 15.8 Å². The van der Waals surface area contributed by atoms with Gasteiger partial charge in [0.05, 0.1) is 11.5 Å². The molecular weight excluding hydrogens is 282 g/mol. The van der Waals surface area contributed by atoms with E-state index in [0.29, 0.717) is 0 Å². The van der Waals surface area contributed by atoms with Crippen molar-refractivity contribution in [3.8, 4) is 0 Å². The fraction of sp³-hybridized carbons (Fsp3) is 0.500. The number of halogens is 2. The molecule has 19 heavy (non-hydrogen) atoms. The number of carboxylic acids is 1. The minimum Gasteiger partial charge on any atom is -0.478 e. The smallest absolute Gasteiger partial charge is 0.339 e. The van der Waals surface area contributed by atoms with Gasteiger partial charge in [0.25, 0.3) is 6.43 Å². The van der Waals surface area contributed by atoms with Gasteiger partial charge in [-0.2, -0.15) is 0 Å². The summed E-state index contributed by atoms with van der Waals surface area (Å²) in [6, 6.07) is 0. The third-order valence-electron chi connectivity index (χ3n) is 2.87. The van der Waals surface area contributed by atoms with E-state index in [-0.39, 0.29) is 23.8 Å². The van der Waals surface area contributed by atoms with Crippen LogP contribution in [0.2, 0.25) is 0 Å². The van der Waals surface area contributed by atoms with Crippen LogP contribution in [0.5, 0.6) is 0 Å². The van der Waals surface area contributed by atoms with Gasteiger partial charge in [0.15, 0.2) is 9.84 Å². The average Bonchev–Trinajstić information content (AvgIpc) is 2.68. The van der Waals surface area contributed by atoms with Crippen molar-refractivity contribution in [3.05, 3.63) is 23.3 Å². The van der Waals surface area contributed by atoms with Crippen LogP contribution in [-0.2, 0) is 9.84 Å². The predicted octanol–water partition coefficient (Wildman–Crippen LogP) is 1.01. The number of rotatable bonds is 3. The molecule has 0 aliphatic carbocycles. The average molecular weight is 292 g/mol. The quantitative estimate of drug-likeness (QED) is 0.893. The molecule has 1 aliphatic heterocycles. The molecule has 1 N–H and O–H groups in total. The molecule has 9 heteroatoms. The Bertz CT molecular complexity index is 618. The van der Waals surface area contributed by atoms with Crippen LogP contribution in [0.25, 0.3) is 0 Å². The highest BCUT2D eigenvalue weighted by Crippen LogP contribution is 2.28. The fourth-order valence-electron chi connectivity index (χ4n) is 1.94. The summed E-state index contributed by atoms with van der Waals surface area (Å²) in [5, 5.41) is 8.74. The molecule has 1 aromatic rings. The van der Waals surface area contributed by atoms with Crippen molar-refractivity contribution in [1.82, 2.24) is 9.97 Å². The second kappa shape index (κ2) is 4.80. The van der Waals surface area contributed by atoms with Crippen molar-refractivity contribution in [2.45, 2.75) is 18.8 Å². The van der Waals surface area contributed by atoms with E-state index in [1.165, 1.54) is 0 Å². The third-order valence-corrected chi connectivity index (χ3v) is 4.64. The maximum Gasteiger partial charge on any atom is 0.339 e. The zero-order valence-corrected chi connectivity index (χ0v) is 10.4. The van der Waals surface area contributed by atoms with Gasteiger partial charge in [0, 0.05) is 12.1 Å². The second-order valence-corrected chi connectivity index (χ2v) is 6.46. The van der Waals surface area contributed by atoms with Crippen LogP contribution in [0.4, 0.5) is 8.78 Å². The van der Waals surface area contributed by atoms with E-state index in [1.807, 2.05) is 0 Å². The first-order valence-corrected chi connectivity index (χ1v) is 7.21. The summed E-state index contributed by atoms with van der Waals surface area (Å²) >= 11 is 0. The van der Waals surface area contributed by atoms with E-state index < -0.39 is 39.4 Å². The van der Waals surface area contributed by atoms with E-state index in [1.54, 1.807) is 0 Å². The van der Waals surface area contributed by atoms with Gasteiger partial charge in [0.1, 0.15) is 17.1 Å². The summed E-state index contributed by atoms with van der Waals surface area (Å²) in [5.41, 5.74) is -1.54. The zero-order chi connectivity index (χ0) is 14.2. The lowest BCUT2D eigenvalue weighted by molar-refractivity contribution is 0.0681. The Morgan fingerprint density at radius 1 is 1.47 bits per heavy atom. The highest BCUT2D eigenvalue weighted by Gasteiger charge is 2.32. The van der Waals surface area contributed by atoms with Crippen LogP contribution >= 0.6 is 0 Å². The lowest BCUT2D eigenvalue weighted by Crippen LogP contribution is -2.13. The van der Waals surface area contributed by atoms with Crippen LogP contribution in [0.1, 0.15) is 40.6 Å². The molecule has 0 saturated carbocycles. The molecule has 1 fully saturated rings. The predicted molar refractivity (Wildman–Crippen MR) is 60.0 cm³/mol. The molecule has 0 aromatic carbocycles. The Balaban J connectivity index is 2.39. The van der Waals surface area contributed by atoms with Crippen molar-refractivity contribution in [3.63, 3.8) is 0 Å². The van der Waals surface area contributed by atoms with Crippen LogP contribution in [0.15, 0.2) is 6.20 Å². The van der Waals surface area contributed by atoms with Crippen LogP contribution in [0.3, 0.4) is 0 Å². The standard InChI is InChI=1S/C10H10F2N2O4S/c11-8(12)7-6(10(15)16)3-13-9(14-7)5-1-2-19(17,18)4-5/h3,5,8H,1-2,4H2,(H,15,16). The summed E-state index contributed by atoms with van der Waals surface area (Å²) in [7, 11) is -3.19. The van der Waals surface area contributed by atoms with Crippen molar-refractivity contribution in [2.24, 2.45) is 0 Å². The van der Waals surface area contributed by atoms with Crippen molar-refractivity contribution < 1.29 is 27.1 Å². The van der Waals surface area contributed by atoms with E-state index in [9.17, 15) is 22.0 Å². The molecule has 0 spiro atoms. The molecule has 6 nitrogen and oxygen atoms in total.